The summed E-state index contributed by atoms with van der Waals surface area (Å²) >= 11 is 0. The van der Waals surface area contributed by atoms with Crippen LogP contribution in [0.5, 0.6) is 5.75 Å². The van der Waals surface area contributed by atoms with Crippen molar-refractivity contribution in [1.82, 2.24) is 15.4 Å². The number of aromatic nitrogens is 1. The number of nitrogens with one attached hydrogen (secondary N) is 3. The summed E-state index contributed by atoms with van der Waals surface area (Å²) in [5.41, 5.74) is 5.25. The van der Waals surface area contributed by atoms with Gasteiger partial charge in [-0.05, 0) is 42.5 Å². The van der Waals surface area contributed by atoms with Gasteiger partial charge in [-0.25, -0.2) is 8.42 Å². The molecule has 3 rings (SSSR count). The number of para-hydroxylation sites is 2. The number of aryl methyl sites for hydroxylation is 1. The molecule has 0 aliphatic carbocycles. The van der Waals surface area contributed by atoms with Crippen LogP contribution >= 0.6 is 0 Å². The summed E-state index contributed by atoms with van der Waals surface area (Å²) in [6.07, 6.45) is 1.69. The minimum absolute atomic E-state index is 0.0603. The minimum Gasteiger partial charge on any atom is -0.495 e. The number of anilines is 1. The molecule has 0 unspecified atom stereocenters. The monoisotopic (exact) mass is 428 g/mol. The van der Waals surface area contributed by atoms with E-state index in [1.165, 1.54) is 31.4 Å². The van der Waals surface area contributed by atoms with Gasteiger partial charge in [-0.15, -0.1) is 0 Å². The molecule has 0 radical (unpaired) electrons. The Balaban J connectivity index is 1.74. The number of nitrogens with zero attached hydrogens (tertiary/aromatic N) is 1. The van der Waals surface area contributed by atoms with Crippen LogP contribution < -0.4 is 20.3 Å². The predicted molar refractivity (Wildman–Crippen MR) is 111 cm³/mol. The molecule has 3 N–H and O–H groups in total. The summed E-state index contributed by atoms with van der Waals surface area (Å²) in [6.45, 7) is 0. The summed E-state index contributed by atoms with van der Waals surface area (Å²) in [7, 11) is -0.848. The quantitative estimate of drug-likeness (QED) is 0.518. The largest absolute Gasteiger partial charge is 0.495 e. The number of sulfonamides is 1. The van der Waals surface area contributed by atoms with E-state index < -0.39 is 21.8 Å². The highest BCUT2D eigenvalue weighted by atomic mass is 32.2. The van der Waals surface area contributed by atoms with E-state index in [2.05, 4.69) is 15.6 Å². The first-order valence-electron chi connectivity index (χ1n) is 8.80. The van der Waals surface area contributed by atoms with E-state index in [9.17, 15) is 18.0 Å². The van der Waals surface area contributed by atoms with Crippen molar-refractivity contribution in [3.05, 3.63) is 78.1 Å². The van der Waals surface area contributed by atoms with Crippen molar-refractivity contribution in [1.29, 1.82) is 0 Å². The number of methoxy groups -OCH3 is 1. The van der Waals surface area contributed by atoms with Crippen molar-refractivity contribution in [3.8, 4) is 5.75 Å². The third-order valence-electron chi connectivity index (χ3n) is 4.22. The molecule has 1 heterocycles. The molecule has 0 saturated heterocycles. The molecule has 0 atom stereocenters. The second-order valence-electron chi connectivity index (χ2n) is 6.25. The van der Waals surface area contributed by atoms with Crippen LogP contribution in [0.1, 0.15) is 20.8 Å². The van der Waals surface area contributed by atoms with Crippen molar-refractivity contribution < 1.29 is 22.7 Å². The van der Waals surface area contributed by atoms with Crippen molar-refractivity contribution >= 4 is 27.5 Å². The summed E-state index contributed by atoms with van der Waals surface area (Å²) < 4.78 is 34.6. The lowest BCUT2D eigenvalue weighted by Crippen LogP contribution is -2.42. The van der Waals surface area contributed by atoms with E-state index >= 15 is 0 Å². The third kappa shape index (κ3) is 4.61. The lowest BCUT2D eigenvalue weighted by atomic mass is 10.2. The van der Waals surface area contributed by atoms with Gasteiger partial charge in [0.1, 0.15) is 11.4 Å². The molecule has 0 spiro atoms. The summed E-state index contributed by atoms with van der Waals surface area (Å²) in [4.78, 5) is 24.3. The van der Waals surface area contributed by atoms with E-state index in [1.54, 1.807) is 54.2 Å². The normalized spacial score (nSPS) is 10.9. The van der Waals surface area contributed by atoms with Crippen LogP contribution in [0.2, 0.25) is 0 Å². The molecule has 0 bridgehead atoms. The maximum Gasteiger partial charge on any atom is 0.286 e. The number of carbonyl (C=O) groups excluding carboxylic acids is 2. The van der Waals surface area contributed by atoms with Crippen LogP contribution in [0.4, 0.5) is 5.69 Å². The number of hydrogen-bond acceptors (Lipinski definition) is 5. The standard InChI is InChI=1S/C20H20N4O5S/c1-24-12-6-10-17(24)20(26)22-21-19(25)14-7-5-8-15(13-14)30(27,28)23-16-9-3-4-11-18(16)29-2/h3-13,23H,1-2H3,(H,21,25)(H,22,26). The predicted octanol–water partition coefficient (Wildman–Crippen LogP) is 1.91. The highest BCUT2D eigenvalue weighted by Crippen LogP contribution is 2.26. The Bertz CT molecular complexity index is 1190. The minimum atomic E-state index is -3.97. The van der Waals surface area contributed by atoms with Gasteiger partial charge in [0.15, 0.2) is 0 Å². The van der Waals surface area contributed by atoms with Gasteiger partial charge in [0.2, 0.25) is 0 Å². The molecule has 2 aromatic carbocycles. The molecule has 156 valence electrons. The average molecular weight is 428 g/mol. The second kappa shape index (κ2) is 8.70. The molecule has 30 heavy (non-hydrogen) atoms. The Labute approximate surface area is 173 Å². The van der Waals surface area contributed by atoms with Crippen molar-refractivity contribution in [3.63, 3.8) is 0 Å². The first-order valence-corrected chi connectivity index (χ1v) is 10.3. The van der Waals surface area contributed by atoms with Crippen LogP contribution in [0.3, 0.4) is 0 Å². The van der Waals surface area contributed by atoms with Gasteiger partial charge in [-0.3, -0.25) is 25.2 Å². The first-order chi connectivity index (χ1) is 14.3. The molecular formula is C20H20N4O5S. The molecular weight excluding hydrogens is 408 g/mol. The Morgan fingerprint density at radius 3 is 2.37 bits per heavy atom. The average Bonchev–Trinajstić information content (AvgIpc) is 3.18. The van der Waals surface area contributed by atoms with Crippen LogP contribution in [-0.4, -0.2) is 31.9 Å². The Hall–Kier alpha value is -3.79. The zero-order chi connectivity index (χ0) is 21.7. The summed E-state index contributed by atoms with van der Waals surface area (Å²) in [5, 5.41) is 0. The number of hydrazine groups is 1. The topological polar surface area (TPSA) is 119 Å². The maximum absolute atomic E-state index is 12.7. The fraction of sp³-hybridized carbons (Fsp3) is 0.100. The van der Waals surface area contributed by atoms with E-state index in [1.807, 2.05) is 0 Å². The van der Waals surface area contributed by atoms with Crippen LogP contribution in [-0.2, 0) is 17.1 Å². The molecule has 0 fully saturated rings. The zero-order valence-corrected chi connectivity index (χ0v) is 17.1. The summed E-state index contributed by atoms with van der Waals surface area (Å²) in [6, 6.07) is 15.3. The van der Waals surface area contributed by atoms with E-state index in [-0.39, 0.29) is 16.1 Å². The number of benzene rings is 2. The fourth-order valence-electron chi connectivity index (χ4n) is 2.68. The molecule has 0 aliphatic rings. The SMILES string of the molecule is COc1ccccc1NS(=O)(=O)c1cccc(C(=O)NNC(=O)c2cccn2C)c1. The van der Waals surface area contributed by atoms with E-state index in [4.69, 9.17) is 4.74 Å². The van der Waals surface area contributed by atoms with Gasteiger partial charge in [0.05, 0.1) is 17.7 Å². The molecule has 0 saturated carbocycles. The lowest BCUT2D eigenvalue weighted by molar-refractivity contribution is 0.0842. The van der Waals surface area contributed by atoms with Gasteiger partial charge < -0.3 is 9.30 Å². The Morgan fingerprint density at radius 2 is 1.67 bits per heavy atom. The zero-order valence-electron chi connectivity index (χ0n) is 16.2. The third-order valence-corrected chi connectivity index (χ3v) is 5.59. The molecule has 3 aromatic rings. The highest BCUT2D eigenvalue weighted by Gasteiger charge is 2.19. The molecule has 10 heteroatoms. The molecule has 9 nitrogen and oxygen atoms in total. The Morgan fingerprint density at radius 1 is 0.933 bits per heavy atom. The smallest absolute Gasteiger partial charge is 0.286 e. The first kappa shape index (κ1) is 20.9. The number of hydrogen-bond donors (Lipinski definition) is 3. The molecule has 1 aromatic heterocycles. The lowest BCUT2D eigenvalue weighted by Gasteiger charge is -2.12. The van der Waals surface area contributed by atoms with Crippen LogP contribution in [0, 0.1) is 0 Å². The number of amides is 2. The van der Waals surface area contributed by atoms with E-state index in [0.29, 0.717) is 11.4 Å². The maximum atomic E-state index is 12.7. The van der Waals surface area contributed by atoms with Crippen molar-refractivity contribution in [2.24, 2.45) is 7.05 Å². The molecule has 0 aliphatic heterocycles. The van der Waals surface area contributed by atoms with Gasteiger partial charge in [0, 0.05) is 18.8 Å². The van der Waals surface area contributed by atoms with Crippen LogP contribution in [0.15, 0.2) is 71.8 Å². The van der Waals surface area contributed by atoms with E-state index in [0.717, 1.165) is 0 Å². The van der Waals surface area contributed by atoms with Crippen molar-refractivity contribution in [2.45, 2.75) is 4.90 Å². The number of carbonyl (C=O) groups is 2. The fourth-order valence-corrected chi connectivity index (χ4v) is 3.80. The van der Waals surface area contributed by atoms with Gasteiger partial charge in [-0.2, -0.15) is 0 Å². The summed E-state index contributed by atoms with van der Waals surface area (Å²) in [5.74, 6) is -0.803. The second-order valence-corrected chi connectivity index (χ2v) is 7.93. The van der Waals surface area contributed by atoms with Gasteiger partial charge >= 0.3 is 0 Å². The highest BCUT2D eigenvalue weighted by molar-refractivity contribution is 7.92. The van der Waals surface area contributed by atoms with Gasteiger partial charge in [-0.1, -0.05) is 18.2 Å². The number of rotatable bonds is 6. The van der Waals surface area contributed by atoms with Gasteiger partial charge in [0.25, 0.3) is 21.8 Å². The Kier molecular flexibility index (Phi) is 6.07. The van der Waals surface area contributed by atoms with Crippen LogP contribution in [0.25, 0.3) is 0 Å². The number of ether oxygens (including phenoxy) is 1. The molecule has 2 amide bonds. The van der Waals surface area contributed by atoms with Crippen molar-refractivity contribution in [2.75, 3.05) is 11.8 Å².